The monoisotopic (exact) mass is 251 g/mol. The van der Waals surface area contributed by atoms with E-state index >= 15 is 0 Å². The summed E-state index contributed by atoms with van der Waals surface area (Å²) in [4.78, 5) is 0. The van der Waals surface area contributed by atoms with Gasteiger partial charge in [-0.25, -0.2) is 0 Å². The van der Waals surface area contributed by atoms with Gasteiger partial charge in [-0.2, -0.15) is 5.10 Å². The Balaban J connectivity index is 1.65. The number of fused-ring (bicyclic) bond motifs is 2. The molecule has 4 atom stereocenters. The smallest absolute Gasteiger partial charge is 0.153 e. The normalized spacial score (nSPS) is 32.7. The molecule has 0 aliphatic heterocycles. The van der Waals surface area contributed by atoms with Crippen LogP contribution in [0.3, 0.4) is 0 Å². The highest BCUT2D eigenvalue weighted by molar-refractivity contribution is 6.29. The lowest BCUT2D eigenvalue weighted by Gasteiger charge is -2.29. The van der Waals surface area contributed by atoms with Crippen LogP contribution in [-0.4, -0.2) is 16.2 Å². The number of hydrogen-bond donors (Lipinski definition) is 1. The van der Waals surface area contributed by atoms with Gasteiger partial charge in [0.25, 0.3) is 0 Å². The molecule has 0 spiro atoms. The Morgan fingerprint density at radius 2 is 2.29 bits per heavy atom. The SMILES string of the molecule is CC(Nc1cnnc(Cl)c1)C1CC2CCC1C2. The van der Waals surface area contributed by atoms with E-state index in [9.17, 15) is 0 Å². The van der Waals surface area contributed by atoms with E-state index in [1.165, 1.54) is 25.7 Å². The van der Waals surface area contributed by atoms with Crippen LogP contribution in [0.1, 0.15) is 32.6 Å². The highest BCUT2D eigenvalue weighted by Gasteiger charge is 2.41. The van der Waals surface area contributed by atoms with Gasteiger partial charge in [-0.05, 0) is 43.9 Å². The summed E-state index contributed by atoms with van der Waals surface area (Å²) in [6.45, 7) is 2.28. The maximum Gasteiger partial charge on any atom is 0.153 e. The largest absolute Gasteiger partial charge is 0.381 e. The van der Waals surface area contributed by atoms with Crippen molar-refractivity contribution in [2.45, 2.75) is 38.6 Å². The Morgan fingerprint density at radius 3 is 2.94 bits per heavy atom. The summed E-state index contributed by atoms with van der Waals surface area (Å²) < 4.78 is 0. The summed E-state index contributed by atoms with van der Waals surface area (Å²) in [6.07, 6.45) is 7.47. The fraction of sp³-hybridized carbons (Fsp3) is 0.692. The van der Waals surface area contributed by atoms with Crippen LogP contribution in [0.15, 0.2) is 12.3 Å². The number of hydrogen-bond acceptors (Lipinski definition) is 3. The van der Waals surface area contributed by atoms with Crippen molar-refractivity contribution in [2.24, 2.45) is 17.8 Å². The van der Waals surface area contributed by atoms with Crippen LogP contribution in [0.2, 0.25) is 5.15 Å². The first kappa shape index (κ1) is 11.3. The maximum atomic E-state index is 5.84. The van der Waals surface area contributed by atoms with Crippen LogP contribution in [0, 0.1) is 17.8 Å². The first-order chi connectivity index (χ1) is 8.22. The average molecular weight is 252 g/mol. The van der Waals surface area contributed by atoms with Gasteiger partial charge in [-0.3, -0.25) is 0 Å². The van der Waals surface area contributed by atoms with Gasteiger partial charge in [0.05, 0.1) is 11.9 Å². The number of anilines is 1. The van der Waals surface area contributed by atoms with Gasteiger partial charge >= 0.3 is 0 Å². The second-order valence-electron chi connectivity index (χ2n) is 5.54. The predicted molar refractivity (Wildman–Crippen MR) is 69.1 cm³/mol. The number of nitrogens with zero attached hydrogens (tertiary/aromatic N) is 2. The Bertz CT molecular complexity index is 409. The third-order valence-corrected chi connectivity index (χ3v) is 4.64. The molecule has 1 N–H and O–H groups in total. The summed E-state index contributed by atoms with van der Waals surface area (Å²) in [5.74, 6) is 2.75. The Labute approximate surface area is 107 Å². The van der Waals surface area contributed by atoms with Gasteiger partial charge in [0.1, 0.15) is 0 Å². The molecule has 1 aromatic rings. The molecule has 2 bridgehead atoms. The van der Waals surface area contributed by atoms with E-state index in [-0.39, 0.29) is 0 Å². The zero-order valence-corrected chi connectivity index (χ0v) is 10.8. The van der Waals surface area contributed by atoms with Crippen LogP contribution in [0.4, 0.5) is 5.69 Å². The van der Waals surface area contributed by atoms with Crippen LogP contribution in [0.25, 0.3) is 0 Å². The van der Waals surface area contributed by atoms with Gasteiger partial charge in [0, 0.05) is 12.1 Å². The van der Waals surface area contributed by atoms with Gasteiger partial charge in [-0.1, -0.05) is 18.0 Å². The van der Waals surface area contributed by atoms with Crippen LogP contribution in [0.5, 0.6) is 0 Å². The van der Waals surface area contributed by atoms with Gasteiger partial charge in [0.2, 0.25) is 0 Å². The van der Waals surface area contributed by atoms with Crippen molar-refractivity contribution in [1.29, 1.82) is 0 Å². The molecule has 2 saturated carbocycles. The van der Waals surface area contributed by atoms with Crippen molar-refractivity contribution in [2.75, 3.05) is 5.32 Å². The quantitative estimate of drug-likeness (QED) is 0.895. The van der Waals surface area contributed by atoms with E-state index in [2.05, 4.69) is 22.4 Å². The fourth-order valence-corrected chi connectivity index (χ4v) is 3.86. The lowest BCUT2D eigenvalue weighted by molar-refractivity contribution is 0.304. The van der Waals surface area contributed by atoms with E-state index in [0.29, 0.717) is 11.2 Å². The van der Waals surface area contributed by atoms with Crippen molar-refractivity contribution in [1.82, 2.24) is 10.2 Å². The summed E-state index contributed by atoms with van der Waals surface area (Å²) in [5, 5.41) is 11.6. The first-order valence-corrected chi connectivity index (χ1v) is 6.85. The van der Waals surface area contributed by atoms with Gasteiger partial charge in [0.15, 0.2) is 5.15 Å². The molecule has 3 rings (SSSR count). The van der Waals surface area contributed by atoms with E-state index in [1.807, 2.05) is 6.07 Å². The zero-order chi connectivity index (χ0) is 11.8. The van der Waals surface area contributed by atoms with E-state index in [0.717, 1.165) is 23.4 Å². The molecule has 0 amide bonds. The lowest BCUT2D eigenvalue weighted by atomic mass is 9.84. The molecular formula is C13H18ClN3. The summed E-state index contributed by atoms with van der Waals surface area (Å²) in [5.41, 5.74) is 0.986. The molecule has 92 valence electrons. The van der Waals surface area contributed by atoms with Crippen molar-refractivity contribution >= 4 is 17.3 Å². The topological polar surface area (TPSA) is 37.8 Å². The molecule has 0 saturated heterocycles. The summed E-state index contributed by atoms with van der Waals surface area (Å²) in [7, 11) is 0. The standard InChI is InChI=1S/C13H18ClN3/c1-8(12-5-9-2-3-10(12)4-9)16-11-6-13(14)17-15-7-11/h6-10,12H,2-5H2,1H3,(H,16,17). The van der Waals surface area contributed by atoms with E-state index in [1.54, 1.807) is 6.20 Å². The third-order valence-electron chi connectivity index (χ3n) is 4.45. The van der Waals surface area contributed by atoms with Crippen molar-refractivity contribution in [3.8, 4) is 0 Å². The zero-order valence-electron chi connectivity index (χ0n) is 10.1. The molecule has 2 aliphatic rings. The molecule has 2 fully saturated rings. The second kappa shape index (κ2) is 4.45. The molecule has 1 aromatic heterocycles. The van der Waals surface area contributed by atoms with Crippen molar-refractivity contribution in [3.63, 3.8) is 0 Å². The minimum Gasteiger partial charge on any atom is -0.381 e. The Kier molecular flexibility index (Phi) is 2.95. The van der Waals surface area contributed by atoms with Crippen LogP contribution < -0.4 is 5.32 Å². The maximum absolute atomic E-state index is 5.84. The van der Waals surface area contributed by atoms with Crippen molar-refractivity contribution in [3.05, 3.63) is 17.4 Å². The molecule has 0 radical (unpaired) electrons. The molecule has 4 unspecified atom stereocenters. The van der Waals surface area contributed by atoms with Gasteiger partial charge in [-0.15, -0.1) is 5.10 Å². The predicted octanol–water partition coefficient (Wildman–Crippen LogP) is 3.37. The Hall–Kier alpha value is -0.830. The minimum atomic E-state index is 0.454. The average Bonchev–Trinajstić information content (AvgIpc) is 2.90. The number of rotatable bonds is 3. The van der Waals surface area contributed by atoms with Gasteiger partial charge < -0.3 is 5.32 Å². The van der Waals surface area contributed by atoms with E-state index < -0.39 is 0 Å². The summed E-state index contributed by atoms with van der Waals surface area (Å²) >= 11 is 5.84. The first-order valence-electron chi connectivity index (χ1n) is 6.47. The van der Waals surface area contributed by atoms with Crippen LogP contribution >= 0.6 is 11.6 Å². The molecule has 3 nitrogen and oxygen atoms in total. The third kappa shape index (κ3) is 2.25. The van der Waals surface area contributed by atoms with Crippen molar-refractivity contribution < 1.29 is 0 Å². The number of halogens is 1. The molecule has 4 heteroatoms. The molecule has 1 heterocycles. The molecule has 2 aliphatic carbocycles. The molecule has 0 aromatic carbocycles. The fourth-order valence-electron chi connectivity index (χ4n) is 3.70. The number of aromatic nitrogens is 2. The van der Waals surface area contributed by atoms with E-state index in [4.69, 9.17) is 11.6 Å². The lowest BCUT2D eigenvalue weighted by Crippen LogP contribution is -2.30. The minimum absolute atomic E-state index is 0.454. The molecule has 17 heavy (non-hydrogen) atoms. The van der Waals surface area contributed by atoms with Crippen LogP contribution in [-0.2, 0) is 0 Å². The second-order valence-corrected chi connectivity index (χ2v) is 5.93. The highest BCUT2D eigenvalue weighted by atomic mass is 35.5. The number of nitrogens with one attached hydrogen (secondary N) is 1. The summed E-state index contributed by atoms with van der Waals surface area (Å²) in [6, 6.07) is 2.35. The Morgan fingerprint density at radius 1 is 1.41 bits per heavy atom. The highest BCUT2D eigenvalue weighted by Crippen LogP contribution is 2.49. The molecular weight excluding hydrogens is 234 g/mol.